The smallest absolute Gasteiger partial charge is 0.163 e. The molecule has 1 rings (SSSR count). The SMILES string of the molecule is CCCCCCCCCOCC1(CCCCCCCCC)COC(C)(C)O1. The van der Waals surface area contributed by atoms with Gasteiger partial charge in [-0.25, -0.2) is 0 Å². The van der Waals surface area contributed by atoms with Gasteiger partial charge in [0.15, 0.2) is 5.79 Å². The second-order valence-electron chi connectivity index (χ2n) is 9.02. The van der Waals surface area contributed by atoms with Crippen molar-refractivity contribution in [3.8, 4) is 0 Å². The Bertz CT molecular complexity index is 343. The van der Waals surface area contributed by atoms with Crippen molar-refractivity contribution in [2.75, 3.05) is 19.8 Å². The summed E-state index contributed by atoms with van der Waals surface area (Å²) in [6.07, 6.45) is 19.6. The maximum atomic E-state index is 6.31. The Morgan fingerprint density at radius 3 is 1.74 bits per heavy atom. The Morgan fingerprint density at radius 1 is 0.704 bits per heavy atom. The van der Waals surface area contributed by atoms with E-state index >= 15 is 0 Å². The number of hydrogen-bond acceptors (Lipinski definition) is 3. The van der Waals surface area contributed by atoms with Gasteiger partial charge in [0, 0.05) is 6.61 Å². The first-order chi connectivity index (χ1) is 13.0. The summed E-state index contributed by atoms with van der Waals surface area (Å²) in [7, 11) is 0. The maximum Gasteiger partial charge on any atom is 0.163 e. The predicted octanol–water partition coefficient (Wildman–Crippen LogP) is 7.42. The lowest BCUT2D eigenvalue weighted by atomic mass is 9.97. The highest BCUT2D eigenvalue weighted by atomic mass is 16.8. The molecular weight excluding hydrogens is 336 g/mol. The Balaban J connectivity index is 2.17. The molecule has 3 heteroatoms. The molecule has 0 aromatic heterocycles. The van der Waals surface area contributed by atoms with Crippen LogP contribution in [0.1, 0.15) is 124 Å². The fourth-order valence-corrected chi connectivity index (χ4v) is 3.98. The highest BCUT2D eigenvalue weighted by molar-refractivity contribution is 4.88. The third-order valence-corrected chi connectivity index (χ3v) is 5.64. The quantitative estimate of drug-likeness (QED) is 0.230. The zero-order chi connectivity index (χ0) is 19.8. The average Bonchev–Trinajstić information content (AvgIpc) is 2.95. The Hall–Kier alpha value is -0.120. The van der Waals surface area contributed by atoms with E-state index in [-0.39, 0.29) is 5.60 Å². The molecule has 0 aromatic rings. The first-order valence-electron chi connectivity index (χ1n) is 12.0. The molecule has 0 aromatic carbocycles. The van der Waals surface area contributed by atoms with Crippen LogP contribution >= 0.6 is 0 Å². The largest absolute Gasteiger partial charge is 0.378 e. The minimum absolute atomic E-state index is 0.228. The van der Waals surface area contributed by atoms with Crippen molar-refractivity contribution in [1.82, 2.24) is 0 Å². The van der Waals surface area contributed by atoms with E-state index in [0.717, 1.165) is 13.0 Å². The standard InChI is InChI=1S/C24H48O3/c1-5-7-9-11-13-15-17-19-24(22-26-23(3,4)27-24)21-25-20-18-16-14-12-10-8-6-2/h5-22H2,1-4H3. The number of rotatable bonds is 18. The van der Waals surface area contributed by atoms with Crippen LogP contribution in [0.2, 0.25) is 0 Å². The summed E-state index contributed by atoms with van der Waals surface area (Å²) < 4.78 is 18.3. The zero-order valence-corrected chi connectivity index (χ0v) is 19.0. The summed E-state index contributed by atoms with van der Waals surface area (Å²) in [4.78, 5) is 0. The van der Waals surface area contributed by atoms with Crippen molar-refractivity contribution in [2.24, 2.45) is 0 Å². The molecule has 0 N–H and O–H groups in total. The van der Waals surface area contributed by atoms with E-state index in [1.165, 1.54) is 89.9 Å². The Morgan fingerprint density at radius 2 is 1.22 bits per heavy atom. The van der Waals surface area contributed by atoms with Crippen molar-refractivity contribution < 1.29 is 14.2 Å². The van der Waals surface area contributed by atoms with Crippen LogP contribution in [0.15, 0.2) is 0 Å². The van der Waals surface area contributed by atoms with Gasteiger partial charge >= 0.3 is 0 Å². The fourth-order valence-electron chi connectivity index (χ4n) is 3.98. The molecule has 0 aliphatic carbocycles. The third kappa shape index (κ3) is 12.1. The van der Waals surface area contributed by atoms with Crippen LogP contribution in [0.25, 0.3) is 0 Å². The lowest BCUT2D eigenvalue weighted by molar-refractivity contribution is -0.175. The first-order valence-corrected chi connectivity index (χ1v) is 12.0. The molecule has 27 heavy (non-hydrogen) atoms. The normalized spacial score (nSPS) is 21.8. The lowest BCUT2D eigenvalue weighted by Crippen LogP contribution is -2.39. The van der Waals surface area contributed by atoms with Crippen molar-refractivity contribution in [3.05, 3.63) is 0 Å². The summed E-state index contributed by atoms with van der Waals surface area (Å²) in [5.41, 5.74) is -0.228. The third-order valence-electron chi connectivity index (χ3n) is 5.64. The van der Waals surface area contributed by atoms with Crippen LogP contribution in [-0.2, 0) is 14.2 Å². The first kappa shape index (κ1) is 24.9. The topological polar surface area (TPSA) is 27.7 Å². The summed E-state index contributed by atoms with van der Waals surface area (Å²) in [5.74, 6) is -0.468. The van der Waals surface area contributed by atoms with Gasteiger partial charge in [-0.3, -0.25) is 0 Å². The Labute approximate surface area is 169 Å². The highest BCUT2D eigenvalue weighted by Gasteiger charge is 2.45. The van der Waals surface area contributed by atoms with E-state index in [2.05, 4.69) is 13.8 Å². The van der Waals surface area contributed by atoms with Gasteiger partial charge in [0.25, 0.3) is 0 Å². The summed E-state index contributed by atoms with van der Waals surface area (Å²) in [5, 5.41) is 0. The summed E-state index contributed by atoms with van der Waals surface area (Å²) >= 11 is 0. The van der Waals surface area contributed by atoms with Gasteiger partial charge in [-0.05, 0) is 26.7 Å². The van der Waals surface area contributed by atoms with Gasteiger partial charge in [-0.1, -0.05) is 97.3 Å². The molecule has 0 radical (unpaired) electrons. The molecule has 1 aliphatic rings. The molecule has 0 bridgehead atoms. The number of hydrogen-bond donors (Lipinski definition) is 0. The lowest BCUT2D eigenvalue weighted by Gasteiger charge is -2.29. The molecule has 1 fully saturated rings. The fraction of sp³-hybridized carbons (Fsp3) is 1.00. The zero-order valence-electron chi connectivity index (χ0n) is 19.0. The van der Waals surface area contributed by atoms with Crippen molar-refractivity contribution in [2.45, 2.75) is 135 Å². The molecule has 1 unspecified atom stereocenters. The van der Waals surface area contributed by atoms with Crippen LogP contribution in [0, 0.1) is 0 Å². The van der Waals surface area contributed by atoms with Gasteiger partial charge in [-0.15, -0.1) is 0 Å². The van der Waals surface area contributed by atoms with Crippen molar-refractivity contribution in [1.29, 1.82) is 0 Å². The van der Waals surface area contributed by atoms with Gasteiger partial charge in [0.1, 0.15) is 5.60 Å². The van der Waals surface area contributed by atoms with Gasteiger partial charge in [0.05, 0.1) is 13.2 Å². The highest BCUT2D eigenvalue weighted by Crippen LogP contribution is 2.35. The number of unbranched alkanes of at least 4 members (excludes halogenated alkanes) is 12. The average molecular weight is 385 g/mol. The van der Waals surface area contributed by atoms with E-state index < -0.39 is 5.79 Å². The van der Waals surface area contributed by atoms with Crippen LogP contribution in [0.3, 0.4) is 0 Å². The predicted molar refractivity (Wildman–Crippen MR) is 115 cm³/mol. The molecule has 1 aliphatic heterocycles. The number of ether oxygens (including phenoxy) is 3. The van der Waals surface area contributed by atoms with E-state index in [0.29, 0.717) is 13.2 Å². The van der Waals surface area contributed by atoms with E-state index in [9.17, 15) is 0 Å². The van der Waals surface area contributed by atoms with E-state index in [1.807, 2.05) is 13.8 Å². The molecule has 0 spiro atoms. The van der Waals surface area contributed by atoms with Gasteiger partial charge in [0.2, 0.25) is 0 Å². The Kier molecular flexibility index (Phi) is 13.7. The summed E-state index contributed by atoms with van der Waals surface area (Å²) in [6, 6.07) is 0. The van der Waals surface area contributed by atoms with Gasteiger partial charge in [-0.2, -0.15) is 0 Å². The van der Waals surface area contributed by atoms with Crippen molar-refractivity contribution >= 4 is 0 Å². The molecular formula is C24H48O3. The summed E-state index contributed by atoms with van der Waals surface area (Å²) in [6.45, 7) is 10.8. The minimum atomic E-state index is -0.468. The molecule has 3 nitrogen and oxygen atoms in total. The van der Waals surface area contributed by atoms with E-state index in [1.54, 1.807) is 0 Å². The molecule has 1 heterocycles. The van der Waals surface area contributed by atoms with Crippen LogP contribution in [0.5, 0.6) is 0 Å². The van der Waals surface area contributed by atoms with Crippen LogP contribution < -0.4 is 0 Å². The minimum Gasteiger partial charge on any atom is -0.378 e. The monoisotopic (exact) mass is 384 g/mol. The van der Waals surface area contributed by atoms with E-state index in [4.69, 9.17) is 14.2 Å². The van der Waals surface area contributed by atoms with Crippen molar-refractivity contribution in [3.63, 3.8) is 0 Å². The van der Waals surface area contributed by atoms with Gasteiger partial charge < -0.3 is 14.2 Å². The molecule has 1 atom stereocenters. The molecule has 162 valence electrons. The molecule has 0 saturated carbocycles. The molecule has 1 saturated heterocycles. The second-order valence-corrected chi connectivity index (χ2v) is 9.02. The second kappa shape index (κ2) is 14.8. The molecule has 0 amide bonds. The van der Waals surface area contributed by atoms with Crippen LogP contribution in [-0.4, -0.2) is 31.2 Å². The maximum absolute atomic E-state index is 6.31. The van der Waals surface area contributed by atoms with Crippen LogP contribution in [0.4, 0.5) is 0 Å².